The summed E-state index contributed by atoms with van der Waals surface area (Å²) < 4.78 is 0. The molecule has 2 aliphatic rings. The molecule has 0 saturated carbocycles. The Hall–Kier alpha value is -2.96. The van der Waals surface area contributed by atoms with E-state index in [4.69, 9.17) is 0 Å². The molecule has 2 aliphatic heterocycles. The highest BCUT2D eigenvalue weighted by Gasteiger charge is 2.16. The van der Waals surface area contributed by atoms with Crippen molar-refractivity contribution < 1.29 is 34.8 Å². The highest BCUT2D eigenvalue weighted by atomic mass is 35.5. The minimum atomic E-state index is 0. The van der Waals surface area contributed by atoms with Gasteiger partial charge in [-0.2, -0.15) is 0 Å². The summed E-state index contributed by atoms with van der Waals surface area (Å²) in [5.41, 5.74) is 6.20. The molecule has 6 nitrogen and oxygen atoms in total. The van der Waals surface area contributed by atoms with Gasteiger partial charge in [-0.25, -0.2) is 0 Å². The average Bonchev–Trinajstić information content (AvgIpc) is 3.49. The van der Waals surface area contributed by atoms with Crippen molar-refractivity contribution in [2.24, 2.45) is 0 Å². The van der Waals surface area contributed by atoms with Gasteiger partial charge < -0.3 is 24.8 Å². The van der Waals surface area contributed by atoms with Gasteiger partial charge in [0.05, 0.1) is 22.5 Å². The Morgan fingerprint density at radius 2 is 0.900 bits per heavy atom. The van der Waals surface area contributed by atoms with Gasteiger partial charge in [-0.1, -0.05) is 24.3 Å². The zero-order valence-corrected chi connectivity index (χ0v) is 17.8. The molecule has 4 N–H and O–H groups in total. The molecule has 0 amide bonds. The van der Waals surface area contributed by atoms with Crippen LogP contribution < -0.4 is 45.4 Å². The zero-order chi connectivity index (χ0) is 18.8. The van der Waals surface area contributed by atoms with Crippen LogP contribution in [-0.2, 0) is 0 Å². The van der Waals surface area contributed by atoms with Crippen molar-refractivity contribution >= 4 is 11.7 Å². The number of hydrogen-bond donors (Lipinski definition) is 4. The van der Waals surface area contributed by atoms with Crippen LogP contribution in [0.5, 0.6) is 0 Å². The Bertz CT molecular complexity index is 958. The summed E-state index contributed by atoms with van der Waals surface area (Å²) in [6, 6.07) is 20.8. The largest absolute Gasteiger partial charge is 1.00 e. The fraction of sp³-hybridized carbons (Fsp3) is 0.182. The Labute approximate surface area is 187 Å². The van der Waals surface area contributed by atoms with Crippen LogP contribution in [0.4, 0.5) is 0 Å². The van der Waals surface area contributed by atoms with E-state index >= 15 is 0 Å². The summed E-state index contributed by atoms with van der Waals surface area (Å²) in [4.78, 5) is 6.70. The minimum absolute atomic E-state index is 0. The third kappa shape index (κ3) is 4.45. The SMILES string of the molecule is [Cl-].[Cl-].c1cc(-c2ccc(-c3ccc(C4=[NH+]CCN4)cc3)nn2)ccc1C1=[NH+]CCN1. The van der Waals surface area contributed by atoms with E-state index in [-0.39, 0.29) is 24.8 Å². The fourth-order valence-electron chi connectivity index (χ4n) is 3.54. The molecule has 0 unspecified atom stereocenters. The molecule has 3 aromatic rings. The van der Waals surface area contributed by atoms with Crippen molar-refractivity contribution in [3.63, 3.8) is 0 Å². The summed E-state index contributed by atoms with van der Waals surface area (Å²) in [5.74, 6) is 2.19. The van der Waals surface area contributed by atoms with Crippen LogP contribution in [0.25, 0.3) is 22.5 Å². The highest BCUT2D eigenvalue weighted by molar-refractivity contribution is 5.95. The summed E-state index contributed by atoms with van der Waals surface area (Å²) >= 11 is 0. The number of nitrogens with one attached hydrogen (secondary N) is 4. The molecule has 0 spiro atoms. The fourth-order valence-corrected chi connectivity index (χ4v) is 3.54. The maximum Gasteiger partial charge on any atom is 0.275 e. The van der Waals surface area contributed by atoms with Crippen LogP contribution in [0.3, 0.4) is 0 Å². The second-order valence-corrected chi connectivity index (χ2v) is 6.92. The van der Waals surface area contributed by atoms with E-state index in [1.54, 1.807) is 0 Å². The van der Waals surface area contributed by atoms with Gasteiger partial charge in [0.1, 0.15) is 26.2 Å². The third-order valence-electron chi connectivity index (χ3n) is 5.06. The molecule has 2 aromatic carbocycles. The van der Waals surface area contributed by atoms with Gasteiger partial charge >= 0.3 is 0 Å². The Morgan fingerprint density at radius 3 is 1.20 bits per heavy atom. The van der Waals surface area contributed by atoms with Gasteiger partial charge in [-0.3, -0.25) is 20.6 Å². The Kier molecular flexibility index (Phi) is 7.03. The van der Waals surface area contributed by atoms with Crippen LogP contribution in [0.1, 0.15) is 11.1 Å². The lowest BCUT2D eigenvalue weighted by atomic mass is 10.1. The first-order valence-corrected chi connectivity index (χ1v) is 9.61. The van der Waals surface area contributed by atoms with Gasteiger partial charge in [0, 0.05) is 11.1 Å². The smallest absolute Gasteiger partial charge is 0.275 e. The van der Waals surface area contributed by atoms with E-state index in [2.05, 4.69) is 79.3 Å². The van der Waals surface area contributed by atoms with Crippen LogP contribution in [0, 0.1) is 0 Å². The molecule has 0 atom stereocenters. The molecule has 5 rings (SSSR count). The van der Waals surface area contributed by atoms with Gasteiger partial charge in [0.15, 0.2) is 0 Å². The summed E-state index contributed by atoms with van der Waals surface area (Å²) in [6.07, 6.45) is 0. The molecule has 154 valence electrons. The number of amidine groups is 2. The van der Waals surface area contributed by atoms with E-state index in [9.17, 15) is 0 Å². The topological polar surface area (TPSA) is 77.8 Å². The summed E-state index contributed by atoms with van der Waals surface area (Å²) in [5, 5.41) is 15.6. The lowest BCUT2D eigenvalue weighted by molar-refractivity contribution is -0.444. The second-order valence-electron chi connectivity index (χ2n) is 6.92. The molecular formula is C22H22Cl2N6. The van der Waals surface area contributed by atoms with Crippen molar-refractivity contribution in [3.05, 3.63) is 71.8 Å². The van der Waals surface area contributed by atoms with E-state index < -0.39 is 0 Å². The van der Waals surface area contributed by atoms with Crippen molar-refractivity contribution in [1.29, 1.82) is 0 Å². The third-order valence-corrected chi connectivity index (χ3v) is 5.06. The monoisotopic (exact) mass is 440 g/mol. The molecular weight excluding hydrogens is 419 g/mol. The lowest BCUT2D eigenvalue weighted by Crippen LogP contribution is -3.00. The number of rotatable bonds is 4. The lowest BCUT2D eigenvalue weighted by Gasteiger charge is -2.04. The van der Waals surface area contributed by atoms with E-state index in [1.165, 1.54) is 0 Å². The summed E-state index contributed by atoms with van der Waals surface area (Å²) in [7, 11) is 0. The number of benzene rings is 2. The van der Waals surface area contributed by atoms with Crippen LogP contribution in [-0.4, -0.2) is 48.0 Å². The maximum absolute atomic E-state index is 4.43. The molecule has 3 heterocycles. The number of halogens is 2. The molecule has 30 heavy (non-hydrogen) atoms. The minimum Gasteiger partial charge on any atom is -1.00 e. The van der Waals surface area contributed by atoms with E-state index in [0.29, 0.717) is 0 Å². The molecule has 0 fully saturated rings. The van der Waals surface area contributed by atoms with Gasteiger partial charge in [-0.15, -0.1) is 10.2 Å². The van der Waals surface area contributed by atoms with Crippen molar-refractivity contribution in [1.82, 2.24) is 20.8 Å². The Balaban J connectivity index is 0.00000128. The molecule has 0 aliphatic carbocycles. The average molecular weight is 441 g/mol. The van der Waals surface area contributed by atoms with E-state index in [1.807, 2.05) is 12.1 Å². The molecule has 0 saturated heterocycles. The predicted molar refractivity (Wildman–Crippen MR) is 109 cm³/mol. The zero-order valence-electron chi connectivity index (χ0n) is 16.3. The van der Waals surface area contributed by atoms with Crippen molar-refractivity contribution in [3.8, 4) is 22.5 Å². The number of hydrogen-bond acceptors (Lipinski definition) is 4. The van der Waals surface area contributed by atoms with Crippen LogP contribution in [0.2, 0.25) is 0 Å². The Morgan fingerprint density at radius 1 is 0.533 bits per heavy atom. The first-order chi connectivity index (χ1) is 13.9. The van der Waals surface area contributed by atoms with Crippen LogP contribution in [0.15, 0.2) is 60.7 Å². The maximum atomic E-state index is 4.43. The first-order valence-electron chi connectivity index (χ1n) is 9.61. The standard InChI is InChI=1S/C22H20N6.2ClH/c1-5-17(21-23-11-12-24-21)6-2-15(1)19-9-10-20(28-27-19)16-3-7-18(8-4-16)22-25-13-14-26-22;;/h1-10H,11-14H2,(H,23,24)(H,25,26);2*1H. The van der Waals surface area contributed by atoms with Gasteiger partial charge in [0.25, 0.3) is 11.7 Å². The molecule has 0 bridgehead atoms. The summed E-state index contributed by atoms with van der Waals surface area (Å²) in [6.45, 7) is 3.88. The second kappa shape index (κ2) is 9.69. The highest BCUT2D eigenvalue weighted by Crippen LogP contribution is 2.21. The molecule has 1 aromatic heterocycles. The molecule has 8 heteroatoms. The van der Waals surface area contributed by atoms with Crippen molar-refractivity contribution in [2.45, 2.75) is 0 Å². The number of aromatic nitrogens is 2. The van der Waals surface area contributed by atoms with E-state index in [0.717, 1.165) is 71.5 Å². The first kappa shape index (κ1) is 21.7. The molecule has 0 radical (unpaired) electrons. The van der Waals surface area contributed by atoms with Gasteiger partial charge in [-0.05, 0) is 36.4 Å². The number of nitrogens with zero attached hydrogens (tertiary/aromatic N) is 2. The van der Waals surface area contributed by atoms with Crippen molar-refractivity contribution in [2.75, 3.05) is 26.2 Å². The predicted octanol–water partition coefficient (Wildman–Crippen LogP) is -7.32. The quantitative estimate of drug-likeness (QED) is 0.325. The normalized spacial score (nSPS) is 14.5. The van der Waals surface area contributed by atoms with Crippen LogP contribution >= 0.6 is 0 Å². The van der Waals surface area contributed by atoms with Gasteiger partial charge in [0.2, 0.25) is 0 Å².